The third kappa shape index (κ3) is 5.65. The maximum absolute atomic E-state index is 13.3. The van der Waals surface area contributed by atoms with Crippen LogP contribution in [0.15, 0.2) is 48.5 Å². The van der Waals surface area contributed by atoms with Crippen molar-refractivity contribution in [2.75, 3.05) is 20.3 Å². The molecular weight excluding hydrogens is 309 g/mol. The molecule has 2 aromatic rings. The lowest BCUT2D eigenvalue weighted by atomic mass is 10.1. The predicted octanol–water partition coefficient (Wildman–Crippen LogP) is 2.58. The van der Waals surface area contributed by atoms with Crippen molar-refractivity contribution in [2.24, 2.45) is 0 Å². The molecule has 0 aliphatic carbocycles. The Kier molecular flexibility index (Phi) is 6.66. The normalized spacial score (nSPS) is 9.58. The summed E-state index contributed by atoms with van der Waals surface area (Å²) in [6.07, 6.45) is 0.275. The van der Waals surface area contributed by atoms with Crippen LogP contribution in [0.1, 0.15) is 5.56 Å². The van der Waals surface area contributed by atoms with Crippen molar-refractivity contribution in [3.63, 3.8) is 0 Å². The smallest absolute Gasteiger partial charge is 0.225 e. The van der Waals surface area contributed by atoms with E-state index in [1.165, 1.54) is 12.1 Å². The first kappa shape index (κ1) is 17.4. The number of methoxy groups -OCH3 is 1. The minimum Gasteiger partial charge on any atom is -0.497 e. The van der Waals surface area contributed by atoms with Gasteiger partial charge in [-0.2, -0.15) is 0 Å². The molecule has 0 heterocycles. The number of halogens is 1. The van der Waals surface area contributed by atoms with Gasteiger partial charge in [-0.05, 0) is 29.8 Å². The number of nitrogens with one attached hydrogen (secondary N) is 1. The van der Waals surface area contributed by atoms with Gasteiger partial charge in [0, 0.05) is 0 Å². The maximum Gasteiger partial charge on any atom is 0.225 e. The molecule has 5 heteroatoms. The van der Waals surface area contributed by atoms with Crippen LogP contribution in [0.25, 0.3) is 0 Å². The fourth-order valence-corrected chi connectivity index (χ4v) is 1.92. The van der Waals surface area contributed by atoms with Crippen LogP contribution in [0.2, 0.25) is 0 Å². The summed E-state index contributed by atoms with van der Waals surface area (Å²) in [5.41, 5.74) is 0.893. The second-order valence-corrected chi connectivity index (χ2v) is 4.87. The van der Waals surface area contributed by atoms with Crippen LogP contribution in [-0.2, 0) is 11.2 Å². The van der Waals surface area contributed by atoms with E-state index in [1.54, 1.807) is 19.2 Å². The van der Waals surface area contributed by atoms with Crippen LogP contribution in [0.5, 0.6) is 11.5 Å². The van der Waals surface area contributed by atoms with Crippen molar-refractivity contribution in [3.8, 4) is 23.3 Å². The standard InChI is InChI=1S/C19H18FNO3/c1-23-16-10-8-15(9-11-16)14-19(22)21-12-4-5-13-24-18-7-3-2-6-17(18)20/h2-3,6-11H,12-14H2,1H3,(H,21,22). The lowest BCUT2D eigenvalue weighted by Gasteiger charge is -2.04. The lowest BCUT2D eigenvalue weighted by Crippen LogP contribution is -2.25. The highest BCUT2D eigenvalue weighted by atomic mass is 19.1. The van der Waals surface area contributed by atoms with E-state index >= 15 is 0 Å². The molecule has 1 N–H and O–H groups in total. The van der Waals surface area contributed by atoms with Gasteiger partial charge in [0.2, 0.25) is 5.91 Å². The van der Waals surface area contributed by atoms with Gasteiger partial charge in [-0.15, -0.1) is 0 Å². The first-order valence-corrected chi connectivity index (χ1v) is 7.41. The van der Waals surface area contributed by atoms with Crippen LogP contribution in [0.3, 0.4) is 0 Å². The summed E-state index contributed by atoms with van der Waals surface area (Å²) in [6.45, 7) is 0.283. The van der Waals surface area contributed by atoms with E-state index in [9.17, 15) is 9.18 Å². The van der Waals surface area contributed by atoms with E-state index in [4.69, 9.17) is 9.47 Å². The van der Waals surface area contributed by atoms with Gasteiger partial charge in [0.1, 0.15) is 12.4 Å². The Morgan fingerprint density at radius 1 is 1.12 bits per heavy atom. The molecule has 0 saturated heterocycles. The lowest BCUT2D eigenvalue weighted by molar-refractivity contribution is -0.120. The van der Waals surface area contributed by atoms with Crippen molar-refractivity contribution < 1.29 is 18.7 Å². The molecular formula is C19H18FNO3. The molecule has 0 aromatic heterocycles. The summed E-state index contributed by atoms with van der Waals surface area (Å²) in [5.74, 6) is 5.85. The number of rotatable bonds is 6. The van der Waals surface area contributed by atoms with Gasteiger partial charge >= 0.3 is 0 Å². The molecule has 0 radical (unpaired) electrons. The zero-order valence-electron chi connectivity index (χ0n) is 13.3. The Hall–Kier alpha value is -3.00. The van der Waals surface area contributed by atoms with E-state index in [0.29, 0.717) is 0 Å². The van der Waals surface area contributed by atoms with Crippen LogP contribution in [0.4, 0.5) is 4.39 Å². The highest BCUT2D eigenvalue weighted by Gasteiger charge is 2.02. The van der Waals surface area contributed by atoms with Crippen molar-refractivity contribution >= 4 is 5.91 Å². The van der Waals surface area contributed by atoms with Crippen LogP contribution < -0.4 is 14.8 Å². The Morgan fingerprint density at radius 3 is 2.58 bits per heavy atom. The van der Waals surface area contributed by atoms with Crippen LogP contribution in [-0.4, -0.2) is 26.2 Å². The molecule has 0 aliphatic heterocycles. The van der Waals surface area contributed by atoms with E-state index in [-0.39, 0.29) is 31.2 Å². The van der Waals surface area contributed by atoms with Gasteiger partial charge in [-0.1, -0.05) is 36.1 Å². The number of carbonyl (C=O) groups is 1. The number of para-hydroxylation sites is 1. The van der Waals surface area contributed by atoms with Gasteiger partial charge in [-0.3, -0.25) is 4.79 Å². The van der Waals surface area contributed by atoms with Gasteiger partial charge < -0.3 is 14.8 Å². The van der Waals surface area contributed by atoms with Gasteiger partial charge in [-0.25, -0.2) is 4.39 Å². The van der Waals surface area contributed by atoms with E-state index in [1.807, 2.05) is 24.3 Å². The number of amides is 1. The number of ether oxygens (including phenoxy) is 2. The van der Waals surface area contributed by atoms with Crippen LogP contribution in [0, 0.1) is 17.7 Å². The van der Waals surface area contributed by atoms with Crippen LogP contribution >= 0.6 is 0 Å². The third-order valence-corrected chi connectivity index (χ3v) is 3.16. The molecule has 0 saturated carbocycles. The van der Waals surface area contributed by atoms with E-state index < -0.39 is 5.82 Å². The average molecular weight is 327 g/mol. The maximum atomic E-state index is 13.3. The molecule has 0 fully saturated rings. The topological polar surface area (TPSA) is 47.6 Å². The predicted molar refractivity (Wildman–Crippen MR) is 89.4 cm³/mol. The Bertz CT molecular complexity index is 732. The third-order valence-electron chi connectivity index (χ3n) is 3.16. The fraction of sp³-hybridized carbons (Fsp3) is 0.211. The molecule has 24 heavy (non-hydrogen) atoms. The molecule has 0 atom stereocenters. The molecule has 4 nitrogen and oxygen atoms in total. The number of carbonyl (C=O) groups excluding carboxylic acids is 1. The highest BCUT2D eigenvalue weighted by molar-refractivity contribution is 5.78. The summed E-state index contributed by atoms with van der Waals surface area (Å²) in [5, 5.41) is 2.70. The van der Waals surface area contributed by atoms with Crippen molar-refractivity contribution in [1.82, 2.24) is 5.32 Å². The summed E-state index contributed by atoms with van der Waals surface area (Å²) < 4.78 is 23.5. The zero-order valence-corrected chi connectivity index (χ0v) is 13.3. The molecule has 2 aromatic carbocycles. The minimum atomic E-state index is -0.424. The fourth-order valence-electron chi connectivity index (χ4n) is 1.92. The number of benzene rings is 2. The molecule has 0 spiro atoms. The van der Waals surface area contributed by atoms with Gasteiger partial charge in [0.25, 0.3) is 0 Å². The minimum absolute atomic E-state index is 0.0648. The summed E-state index contributed by atoms with van der Waals surface area (Å²) in [4.78, 5) is 11.8. The Balaban J connectivity index is 1.68. The molecule has 2 rings (SSSR count). The monoisotopic (exact) mass is 327 g/mol. The first-order valence-electron chi connectivity index (χ1n) is 7.41. The molecule has 1 amide bonds. The second kappa shape index (κ2) is 9.21. The summed E-state index contributed by atoms with van der Waals surface area (Å²) in [7, 11) is 1.59. The Labute approximate surface area is 140 Å². The number of hydrogen-bond donors (Lipinski definition) is 1. The average Bonchev–Trinajstić information content (AvgIpc) is 2.60. The van der Waals surface area contributed by atoms with Crippen molar-refractivity contribution in [2.45, 2.75) is 6.42 Å². The molecule has 0 aliphatic rings. The van der Waals surface area contributed by atoms with E-state index in [0.717, 1.165) is 11.3 Å². The SMILES string of the molecule is COc1ccc(CC(=O)NCC#CCOc2ccccc2F)cc1. The Morgan fingerprint density at radius 2 is 1.88 bits per heavy atom. The van der Waals surface area contributed by atoms with Crippen molar-refractivity contribution in [3.05, 3.63) is 59.9 Å². The summed E-state index contributed by atoms with van der Waals surface area (Å²) in [6, 6.07) is 13.4. The van der Waals surface area contributed by atoms with Gasteiger partial charge in [0.15, 0.2) is 11.6 Å². The zero-order chi connectivity index (χ0) is 17.2. The summed E-state index contributed by atoms with van der Waals surface area (Å²) >= 11 is 0. The second-order valence-electron chi connectivity index (χ2n) is 4.87. The number of hydrogen-bond acceptors (Lipinski definition) is 3. The van der Waals surface area contributed by atoms with Crippen molar-refractivity contribution in [1.29, 1.82) is 0 Å². The quantitative estimate of drug-likeness (QED) is 0.830. The molecule has 0 bridgehead atoms. The molecule has 0 unspecified atom stereocenters. The van der Waals surface area contributed by atoms with Gasteiger partial charge in [0.05, 0.1) is 20.1 Å². The van der Waals surface area contributed by atoms with E-state index in [2.05, 4.69) is 17.2 Å². The highest BCUT2D eigenvalue weighted by Crippen LogP contribution is 2.14. The largest absolute Gasteiger partial charge is 0.497 e. The molecule has 124 valence electrons. The first-order chi connectivity index (χ1) is 11.7.